The zero-order valence-corrected chi connectivity index (χ0v) is 17.2. The molecular formula is C15H16BrN3O8S. The molecule has 2 atom stereocenters. The molecule has 2 amide bonds. The topological polar surface area (TPSA) is 152 Å². The monoisotopic (exact) mass is 477 g/mol. The number of nitrogens with one attached hydrogen (secondary N) is 1. The molecule has 0 aromatic rings. The lowest BCUT2D eigenvalue weighted by Gasteiger charge is -2.49. The largest absolute Gasteiger partial charge is 0.477 e. The molecule has 2 heterocycles. The van der Waals surface area contributed by atoms with Crippen molar-refractivity contribution >= 4 is 62.9 Å². The number of fused-ring (bicyclic) bond motifs is 1. The fourth-order valence-corrected chi connectivity index (χ4v) is 4.16. The van der Waals surface area contributed by atoms with Crippen LogP contribution in [0.2, 0.25) is 0 Å². The summed E-state index contributed by atoms with van der Waals surface area (Å²) in [6.45, 7) is 0.940. The fourth-order valence-electron chi connectivity index (χ4n) is 2.57. The summed E-state index contributed by atoms with van der Waals surface area (Å²) < 4.78 is 4.84. The van der Waals surface area contributed by atoms with Crippen LogP contribution in [0.1, 0.15) is 6.92 Å². The number of carboxylic acid groups (broad SMARTS) is 1. The highest BCUT2D eigenvalue weighted by Crippen LogP contribution is 2.40. The molecule has 1 saturated heterocycles. The highest BCUT2D eigenvalue weighted by atomic mass is 79.9. The van der Waals surface area contributed by atoms with Crippen LogP contribution in [0.4, 0.5) is 0 Å². The smallest absolute Gasteiger partial charge is 0.352 e. The number of rotatable bonds is 8. The number of hydrogen-bond donors (Lipinski definition) is 2. The van der Waals surface area contributed by atoms with E-state index in [1.807, 2.05) is 0 Å². The van der Waals surface area contributed by atoms with Gasteiger partial charge in [-0.05, 0) is 0 Å². The Bertz CT molecular complexity index is 796. The average Bonchev–Trinajstić information content (AvgIpc) is 2.66. The maximum Gasteiger partial charge on any atom is 0.352 e. The number of nitrogens with zero attached hydrogens (tertiary/aromatic N) is 2. The summed E-state index contributed by atoms with van der Waals surface area (Å²) in [6, 6.07) is -1.03. The highest BCUT2D eigenvalue weighted by molar-refractivity contribution is 9.09. The van der Waals surface area contributed by atoms with Crippen molar-refractivity contribution in [3.05, 3.63) is 11.3 Å². The summed E-state index contributed by atoms with van der Waals surface area (Å²) >= 11 is 4.12. The molecule has 0 aromatic heterocycles. The summed E-state index contributed by atoms with van der Waals surface area (Å²) in [5.74, 6) is -3.95. The average molecular weight is 478 g/mol. The van der Waals surface area contributed by atoms with Gasteiger partial charge in [0, 0.05) is 18.2 Å². The number of carbonyl (C=O) groups is 5. The van der Waals surface area contributed by atoms with Gasteiger partial charge >= 0.3 is 11.9 Å². The lowest BCUT2D eigenvalue weighted by atomic mass is 10.0. The third-order valence-corrected chi connectivity index (χ3v) is 5.62. The lowest BCUT2D eigenvalue weighted by Crippen LogP contribution is -2.71. The van der Waals surface area contributed by atoms with Crippen LogP contribution >= 0.6 is 27.7 Å². The van der Waals surface area contributed by atoms with Crippen LogP contribution in [0.15, 0.2) is 16.4 Å². The molecule has 2 N–H and O–H groups in total. The third-order valence-electron chi connectivity index (χ3n) is 3.77. The summed E-state index contributed by atoms with van der Waals surface area (Å²) in [4.78, 5) is 64.6. The molecule has 0 aromatic carbocycles. The Balaban J connectivity index is 2.18. The van der Waals surface area contributed by atoms with Crippen LogP contribution < -0.4 is 5.32 Å². The number of aliphatic carboxylic acids is 1. The van der Waals surface area contributed by atoms with E-state index < -0.39 is 46.7 Å². The molecule has 2 aliphatic rings. The Morgan fingerprint density at radius 3 is 2.61 bits per heavy atom. The number of alkyl halides is 1. The summed E-state index contributed by atoms with van der Waals surface area (Å²) in [6.07, 6.45) is 0. The number of ketones is 1. The highest BCUT2D eigenvalue weighted by Gasteiger charge is 2.54. The number of β-lactam (4-membered cyclic amide) rings is 1. The molecule has 2 aliphatic heterocycles. The number of ether oxygens (including phenoxy) is 1. The molecule has 0 bridgehead atoms. The van der Waals surface area contributed by atoms with Gasteiger partial charge in [0.05, 0.1) is 5.33 Å². The van der Waals surface area contributed by atoms with Gasteiger partial charge in [-0.25, -0.2) is 4.79 Å². The second kappa shape index (κ2) is 9.19. The standard InChI is InChI=1S/C15H16BrN3O8S/c1-6(20)27-4-7-5-28-14-10(13(23)19(14)11(7)15(24)25)17-12(22)9(18-26-2)8(21)3-16/h10,14H,3-5H2,1-2H3,(H,17,22)(H,24,25)/b18-9+/t10-,14-/m1/s1. The van der Waals surface area contributed by atoms with E-state index in [2.05, 4.69) is 31.2 Å². The number of carbonyl (C=O) groups excluding carboxylic acids is 4. The predicted molar refractivity (Wildman–Crippen MR) is 99.6 cm³/mol. The first kappa shape index (κ1) is 21.9. The van der Waals surface area contributed by atoms with Gasteiger partial charge < -0.3 is 20.0 Å². The molecule has 0 aliphatic carbocycles. The Morgan fingerprint density at radius 2 is 2.07 bits per heavy atom. The summed E-state index contributed by atoms with van der Waals surface area (Å²) in [5, 5.41) is 14.4. The lowest BCUT2D eigenvalue weighted by molar-refractivity contribution is -0.150. The molecule has 2 rings (SSSR count). The summed E-state index contributed by atoms with van der Waals surface area (Å²) in [5.41, 5.74) is -0.517. The predicted octanol–water partition coefficient (Wildman–Crippen LogP) is -0.745. The second-order valence-corrected chi connectivity index (χ2v) is 7.24. The molecule has 13 heteroatoms. The SMILES string of the molecule is CO/N=C(\C(=O)CBr)C(=O)N[C@@H]1C(=O)N2C(C(=O)O)=C(COC(C)=O)CS[C@H]12. The fraction of sp³-hybridized carbons (Fsp3) is 0.467. The van der Waals surface area contributed by atoms with Gasteiger partial charge in [-0.1, -0.05) is 21.1 Å². The van der Waals surface area contributed by atoms with E-state index in [1.165, 1.54) is 18.7 Å². The molecule has 0 unspecified atom stereocenters. The minimum Gasteiger partial charge on any atom is -0.477 e. The van der Waals surface area contributed by atoms with E-state index in [4.69, 9.17) is 4.74 Å². The number of Topliss-reactive ketones (excluding diaryl/α,β-unsaturated/α-hetero) is 1. The summed E-state index contributed by atoms with van der Waals surface area (Å²) in [7, 11) is 1.16. The number of amides is 2. The number of carboxylic acids is 1. The molecule has 1 fully saturated rings. The maximum atomic E-state index is 12.5. The normalized spacial score (nSPS) is 21.5. The van der Waals surface area contributed by atoms with Crippen LogP contribution in [-0.4, -0.2) is 81.5 Å². The van der Waals surface area contributed by atoms with Crippen LogP contribution in [0, 0.1) is 0 Å². The Morgan fingerprint density at radius 1 is 1.39 bits per heavy atom. The van der Waals surface area contributed by atoms with Gasteiger partial charge in [0.25, 0.3) is 11.8 Å². The quantitative estimate of drug-likeness (QED) is 0.115. The Kier molecular flexibility index (Phi) is 7.18. The van der Waals surface area contributed by atoms with E-state index in [1.54, 1.807) is 0 Å². The zero-order chi connectivity index (χ0) is 21.0. The van der Waals surface area contributed by atoms with Crippen LogP contribution in [0.25, 0.3) is 0 Å². The van der Waals surface area contributed by atoms with Gasteiger partial charge in [-0.3, -0.25) is 24.1 Å². The number of esters is 1. The van der Waals surface area contributed by atoms with E-state index in [9.17, 15) is 29.1 Å². The van der Waals surface area contributed by atoms with E-state index >= 15 is 0 Å². The maximum absolute atomic E-state index is 12.5. The first-order valence-electron chi connectivity index (χ1n) is 7.77. The van der Waals surface area contributed by atoms with Gasteiger partial charge in [0.2, 0.25) is 11.5 Å². The van der Waals surface area contributed by atoms with Crippen molar-refractivity contribution in [3.63, 3.8) is 0 Å². The van der Waals surface area contributed by atoms with Gasteiger partial charge in [-0.2, -0.15) is 0 Å². The molecule has 0 spiro atoms. The Hall–Kier alpha value is -2.41. The second-order valence-electron chi connectivity index (χ2n) is 5.58. The molecule has 28 heavy (non-hydrogen) atoms. The van der Waals surface area contributed by atoms with Crippen molar-refractivity contribution < 1.29 is 38.7 Å². The third kappa shape index (κ3) is 4.35. The number of halogens is 1. The first-order valence-corrected chi connectivity index (χ1v) is 9.94. The van der Waals surface area contributed by atoms with Crippen molar-refractivity contribution in [2.24, 2.45) is 5.16 Å². The first-order chi connectivity index (χ1) is 13.2. The molecule has 152 valence electrons. The van der Waals surface area contributed by atoms with Gasteiger partial charge in [-0.15, -0.1) is 11.8 Å². The van der Waals surface area contributed by atoms with E-state index in [0.29, 0.717) is 0 Å². The van der Waals surface area contributed by atoms with E-state index in [0.717, 1.165) is 12.0 Å². The number of thioether (sulfide) groups is 1. The Labute approximate surface area is 171 Å². The molecular weight excluding hydrogens is 462 g/mol. The van der Waals surface area contributed by atoms with Crippen molar-refractivity contribution in [1.82, 2.24) is 10.2 Å². The van der Waals surface area contributed by atoms with Crippen LogP contribution in [0.3, 0.4) is 0 Å². The van der Waals surface area contributed by atoms with Crippen molar-refractivity contribution in [2.75, 3.05) is 24.8 Å². The van der Waals surface area contributed by atoms with Gasteiger partial charge in [0.1, 0.15) is 30.8 Å². The van der Waals surface area contributed by atoms with Crippen molar-refractivity contribution in [3.8, 4) is 0 Å². The van der Waals surface area contributed by atoms with Crippen molar-refractivity contribution in [2.45, 2.75) is 18.3 Å². The number of hydrogen-bond acceptors (Lipinski definition) is 9. The van der Waals surface area contributed by atoms with Crippen LogP contribution in [0.5, 0.6) is 0 Å². The minimum atomic E-state index is -1.35. The molecule has 11 nitrogen and oxygen atoms in total. The molecule has 0 saturated carbocycles. The minimum absolute atomic E-state index is 0.170. The molecule has 0 radical (unpaired) electrons. The number of oxime groups is 1. The van der Waals surface area contributed by atoms with E-state index in [-0.39, 0.29) is 29.0 Å². The zero-order valence-electron chi connectivity index (χ0n) is 14.8. The van der Waals surface area contributed by atoms with Crippen molar-refractivity contribution in [1.29, 1.82) is 0 Å². The van der Waals surface area contributed by atoms with Gasteiger partial charge in [0.15, 0.2) is 0 Å². The van der Waals surface area contributed by atoms with Crippen LogP contribution in [-0.2, 0) is 33.5 Å².